The minimum absolute atomic E-state index is 0.0667. The Hall–Kier alpha value is -3.23. The monoisotopic (exact) mass is 437 g/mol. The highest BCUT2D eigenvalue weighted by Crippen LogP contribution is 2.40. The second-order valence-electron chi connectivity index (χ2n) is 7.78. The van der Waals surface area contributed by atoms with E-state index < -0.39 is 17.7 Å². The maximum atomic E-state index is 13.1. The van der Waals surface area contributed by atoms with Crippen LogP contribution in [0.4, 0.5) is 0 Å². The molecule has 3 heterocycles. The molecular formula is C24H27N3O5. The van der Waals surface area contributed by atoms with Crippen molar-refractivity contribution < 1.29 is 24.2 Å². The molecule has 2 aromatic rings. The van der Waals surface area contributed by atoms with Crippen molar-refractivity contribution in [2.45, 2.75) is 12.5 Å². The van der Waals surface area contributed by atoms with E-state index in [2.05, 4.69) is 9.88 Å². The fourth-order valence-corrected chi connectivity index (χ4v) is 4.28. The van der Waals surface area contributed by atoms with E-state index >= 15 is 0 Å². The third-order valence-electron chi connectivity index (χ3n) is 5.90. The van der Waals surface area contributed by atoms with E-state index in [0.29, 0.717) is 37.5 Å². The number of amides is 1. The number of carbonyl (C=O) groups excluding carboxylic acids is 2. The first-order valence-corrected chi connectivity index (χ1v) is 10.7. The van der Waals surface area contributed by atoms with Gasteiger partial charge in [-0.15, -0.1) is 0 Å². The van der Waals surface area contributed by atoms with Gasteiger partial charge >= 0.3 is 0 Å². The molecule has 2 fully saturated rings. The average molecular weight is 437 g/mol. The third kappa shape index (κ3) is 4.37. The number of hydrogen-bond acceptors (Lipinski definition) is 7. The first-order valence-electron chi connectivity index (χ1n) is 10.7. The van der Waals surface area contributed by atoms with E-state index in [4.69, 9.17) is 9.47 Å². The van der Waals surface area contributed by atoms with Gasteiger partial charge in [0.15, 0.2) is 0 Å². The molecule has 32 heavy (non-hydrogen) atoms. The SMILES string of the molecule is COc1ccccc1/C(O)=C1\C(=O)C(=O)N(CCCN2CCOCC2)C1c1ccncc1. The summed E-state index contributed by atoms with van der Waals surface area (Å²) in [6.45, 7) is 4.35. The van der Waals surface area contributed by atoms with E-state index in [1.807, 2.05) is 0 Å². The molecule has 8 heteroatoms. The smallest absolute Gasteiger partial charge is 0.295 e. The molecule has 0 spiro atoms. The molecule has 1 N–H and O–H groups in total. The Kier molecular flexibility index (Phi) is 6.82. The molecule has 0 aliphatic carbocycles. The number of rotatable bonds is 7. The zero-order valence-corrected chi connectivity index (χ0v) is 18.1. The standard InChI is InChI=1S/C24H27N3O5/c1-31-19-6-3-2-5-18(19)22(28)20-21(17-7-9-25-10-8-17)27(24(30)23(20)29)12-4-11-26-13-15-32-16-14-26/h2-3,5-10,21,28H,4,11-16H2,1H3/b22-20+. The van der Waals surface area contributed by atoms with Gasteiger partial charge < -0.3 is 19.5 Å². The predicted molar refractivity (Wildman–Crippen MR) is 118 cm³/mol. The number of Topliss-reactive ketones (excluding diaryl/α,β-unsaturated/α-hetero) is 1. The van der Waals surface area contributed by atoms with Gasteiger partial charge in [0.2, 0.25) is 0 Å². The number of nitrogens with zero attached hydrogens (tertiary/aromatic N) is 3. The van der Waals surface area contributed by atoms with Crippen LogP contribution >= 0.6 is 0 Å². The highest BCUT2D eigenvalue weighted by Gasteiger charge is 2.46. The Morgan fingerprint density at radius 1 is 1.12 bits per heavy atom. The van der Waals surface area contributed by atoms with Crippen molar-refractivity contribution in [3.8, 4) is 5.75 Å². The van der Waals surface area contributed by atoms with Gasteiger partial charge in [0.25, 0.3) is 11.7 Å². The fraction of sp³-hybridized carbons (Fsp3) is 0.375. The van der Waals surface area contributed by atoms with E-state index in [-0.39, 0.29) is 11.3 Å². The van der Waals surface area contributed by atoms with Gasteiger partial charge in [0.1, 0.15) is 11.5 Å². The summed E-state index contributed by atoms with van der Waals surface area (Å²) < 4.78 is 10.7. The quantitative estimate of drug-likeness (QED) is 0.403. The maximum Gasteiger partial charge on any atom is 0.295 e. The van der Waals surface area contributed by atoms with Crippen molar-refractivity contribution in [1.29, 1.82) is 0 Å². The van der Waals surface area contributed by atoms with Gasteiger partial charge in [-0.3, -0.25) is 19.5 Å². The third-order valence-corrected chi connectivity index (χ3v) is 5.90. The van der Waals surface area contributed by atoms with Gasteiger partial charge in [0.05, 0.1) is 37.5 Å². The normalized spacial score (nSPS) is 21.2. The summed E-state index contributed by atoms with van der Waals surface area (Å²) in [4.78, 5) is 34.0. The number of morpholine rings is 1. The van der Waals surface area contributed by atoms with Crippen molar-refractivity contribution in [3.63, 3.8) is 0 Å². The molecular weight excluding hydrogens is 410 g/mol. The minimum atomic E-state index is -0.693. The predicted octanol–water partition coefficient (Wildman–Crippen LogP) is 2.23. The number of likely N-dealkylation sites (tertiary alicyclic amines) is 1. The maximum absolute atomic E-state index is 13.1. The molecule has 4 rings (SSSR count). The first kappa shape index (κ1) is 22.0. The van der Waals surface area contributed by atoms with Crippen LogP contribution in [0.5, 0.6) is 5.75 Å². The van der Waals surface area contributed by atoms with Gasteiger partial charge in [-0.2, -0.15) is 0 Å². The second-order valence-corrected chi connectivity index (χ2v) is 7.78. The van der Waals surface area contributed by atoms with E-state index in [0.717, 1.165) is 25.2 Å². The van der Waals surface area contributed by atoms with Gasteiger partial charge in [0, 0.05) is 38.6 Å². The number of para-hydroxylation sites is 1. The van der Waals surface area contributed by atoms with Crippen molar-refractivity contribution in [2.24, 2.45) is 0 Å². The Morgan fingerprint density at radius 2 is 1.84 bits per heavy atom. The van der Waals surface area contributed by atoms with Crippen LogP contribution in [0.1, 0.15) is 23.6 Å². The Morgan fingerprint density at radius 3 is 2.56 bits per heavy atom. The molecule has 0 saturated carbocycles. The zero-order chi connectivity index (χ0) is 22.5. The molecule has 1 aromatic carbocycles. The van der Waals surface area contributed by atoms with Crippen LogP contribution in [0.3, 0.4) is 0 Å². The minimum Gasteiger partial charge on any atom is -0.507 e. The number of benzene rings is 1. The summed E-state index contributed by atoms with van der Waals surface area (Å²) in [6.07, 6.45) is 3.95. The van der Waals surface area contributed by atoms with Crippen LogP contribution in [-0.4, -0.2) is 78.1 Å². The molecule has 1 amide bonds. The van der Waals surface area contributed by atoms with Gasteiger partial charge in [-0.25, -0.2) is 0 Å². The highest BCUT2D eigenvalue weighted by molar-refractivity contribution is 6.46. The van der Waals surface area contributed by atoms with Gasteiger partial charge in [-0.1, -0.05) is 12.1 Å². The highest BCUT2D eigenvalue weighted by atomic mass is 16.5. The van der Waals surface area contributed by atoms with Crippen LogP contribution in [0.25, 0.3) is 5.76 Å². The summed E-state index contributed by atoms with van der Waals surface area (Å²) in [5.41, 5.74) is 1.17. The molecule has 0 radical (unpaired) electrons. The zero-order valence-electron chi connectivity index (χ0n) is 18.1. The fourth-order valence-electron chi connectivity index (χ4n) is 4.28. The number of methoxy groups -OCH3 is 1. The van der Waals surface area contributed by atoms with Crippen LogP contribution in [0.2, 0.25) is 0 Å². The molecule has 2 saturated heterocycles. The molecule has 2 aliphatic heterocycles. The molecule has 8 nitrogen and oxygen atoms in total. The van der Waals surface area contributed by atoms with E-state index in [1.54, 1.807) is 53.7 Å². The largest absolute Gasteiger partial charge is 0.507 e. The Bertz CT molecular complexity index is 1000. The topological polar surface area (TPSA) is 92.2 Å². The lowest BCUT2D eigenvalue weighted by atomic mass is 9.95. The van der Waals surface area contributed by atoms with Crippen molar-refractivity contribution in [2.75, 3.05) is 46.5 Å². The summed E-state index contributed by atoms with van der Waals surface area (Å²) in [5, 5.41) is 11.2. The number of ether oxygens (including phenoxy) is 2. The van der Waals surface area contributed by atoms with Crippen LogP contribution < -0.4 is 4.74 Å². The van der Waals surface area contributed by atoms with E-state index in [9.17, 15) is 14.7 Å². The van der Waals surface area contributed by atoms with Crippen molar-refractivity contribution in [3.05, 3.63) is 65.5 Å². The Balaban J connectivity index is 1.67. The molecule has 168 valence electrons. The second kappa shape index (κ2) is 9.93. The lowest BCUT2D eigenvalue weighted by Gasteiger charge is -2.29. The van der Waals surface area contributed by atoms with Crippen LogP contribution in [0.15, 0.2) is 54.4 Å². The number of pyridine rings is 1. The lowest BCUT2D eigenvalue weighted by molar-refractivity contribution is -0.140. The van der Waals surface area contributed by atoms with Crippen LogP contribution in [0, 0.1) is 0 Å². The van der Waals surface area contributed by atoms with Crippen LogP contribution in [-0.2, 0) is 14.3 Å². The Labute approximate surface area is 187 Å². The number of aliphatic hydroxyl groups excluding tert-OH is 1. The van der Waals surface area contributed by atoms with Crippen molar-refractivity contribution >= 4 is 17.4 Å². The summed E-state index contributed by atoms with van der Waals surface area (Å²) >= 11 is 0. The molecule has 2 aliphatic rings. The number of aliphatic hydroxyl groups is 1. The number of carbonyl (C=O) groups is 2. The van der Waals surface area contributed by atoms with Gasteiger partial charge in [-0.05, 0) is 36.2 Å². The molecule has 1 unspecified atom stereocenters. The summed E-state index contributed by atoms with van der Waals surface area (Å²) in [7, 11) is 1.50. The summed E-state index contributed by atoms with van der Waals surface area (Å²) in [6, 6.07) is 9.74. The first-order chi connectivity index (χ1) is 15.6. The average Bonchev–Trinajstić information content (AvgIpc) is 3.10. The molecule has 1 atom stereocenters. The van der Waals surface area contributed by atoms with E-state index in [1.165, 1.54) is 7.11 Å². The number of ketones is 1. The number of hydrogen-bond donors (Lipinski definition) is 1. The summed E-state index contributed by atoms with van der Waals surface area (Å²) in [5.74, 6) is -1.11. The molecule has 1 aromatic heterocycles. The van der Waals surface area contributed by atoms with Crippen molar-refractivity contribution in [1.82, 2.24) is 14.8 Å². The number of aromatic nitrogens is 1. The molecule has 0 bridgehead atoms. The lowest BCUT2D eigenvalue weighted by Crippen LogP contribution is -2.38.